The summed E-state index contributed by atoms with van der Waals surface area (Å²) >= 11 is 12.9. The van der Waals surface area contributed by atoms with E-state index in [-0.39, 0.29) is 5.63 Å². The number of thioether (sulfide) groups is 1. The average molecular weight is 405 g/mol. The number of fused-ring (bicyclic) bond motifs is 1. The summed E-state index contributed by atoms with van der Waals surface area (Å²) in [5.74, 6) is 0.870. The number of halogens is 1. The van der Waals surface area contributed by atoms with Gasteiger partial charge in [0.05, 0.1) is 0 Å². The van der Waals surface area contributed by atoms with Crippen LogP contribution in [0.15, 0.2) is 62.6 Å². The molecule has 1 heterocycles. The van der Waals surface area contributed by atoms with E-state index in [9.17, 15) is 4.79 Å². The zero-order valence-electron chi connectivity index (χ0n) is 14.0. The highest BCUT2D eigenvalue weighted by Crippen LogP contribution is 2.21. The van der Waals surface area contributed by atoms with Crippen LogP contribution >= 0.6 is 35.6 Å². The lowest BCUT2D eigenvalue weighted by atomic mass is 10.1. The van der Waals surface area contributed by atoms with E-state index in [4.69, 9.17) is 28.2 Å². The van der Waals surface area contributed by atoms with Crippen LogP contribution in [0.3, 0.4) is 0 Å². The van der Waals surface area contributed by atoms with Crippen molar-refractivity contribution in [1.29, 1.82) is 0 Å². The van der Waals surface area contributed by atoms with Crippen LogP contribution in [0.5, 0.6) is 0 Å². The second kappa shape index (κ2) is 8.58. The molecular formula is C19H17ClN2O2S2. The molecule has 7 heteroatoms. The SMILES string of the molecule is Cc1cc(=O)oc2cc(NC(=S)NCCSc3ccc(Cl)cc3)ccc12. The molecule has 3 rings (SSSR count). The van der Waals surface area contributed by atoms with E-state index < -0.39 is 0 Å². The number of nitrogens with one attached hydrogen (secondary N) is 2. The second-order valence-corrected chi connectivity index (χ2v) is 7.66. The first-order valence-corrected chi connectivity index (χ1v) is 9.76. The molecule has 0 saturated heterocycles. The fraction of sp³-hybridized carbons (Fsp3) is 0.158. The summed E-state index contributed by atoms with van der Waals surface area (Å²) in [4.78, 5) is 12.7. The molecule has 1 aromatic heterocycles. The van der Waals surface area contributed by atoms with E-state index in [2.05, 4.69) is 10.6 Å². The minimum Gasteiger partial charge on any atom is -0.423 e. The van der Waals surface area contributed by atoms with Gasteiger partial charge in [0.15, 0.2) is 5.11 Å². The van der Waals surface area contributed by atoms with E-state index in [1.807, 2.05) is 43.3 Å². The highest BCUT2D eigenvalue weighted by Gasteiger charge is 2.04. The van der Waals surface area contributed by atoms with Crippen molar-refractivity contribution in [2.45, 2.75) is 11.8 Å². The number of hydrogen-bond acceptors (Lipinski definition) is 4. The quantitative estimate of drug-likeness (QED) is 0.275. The summed E-state index contributed by atoms with van der Waals surface area (Å²) in [5.41, 5.74) is 1.85. The van der Waals surface area contributed by atoms with Gasteiger partial charge >= 0.3 is 5.63 Å². The third-order valence-electron chi connectivity index (χ3n) is 3.68. The van der Waals surface area contributed by atoms with Gasteiger partial charge < -0.3 is 15.1 Å². The van der Waals surface area contributed by atoms with Crippen molar-refractivity contribution in [1.82, 2.24) is 5.32 Å². The topological polar surface area (TPSA) is 54.3 Å². The lowest BCUT2D eigenvalue weighted by Crippen LogP contribution is -2.30. The third-order valence-corrected chi connectivity index (χ3v) is 5.19. The van der Waals surface area contributed by atoms with Crippen molar-refractivity contribution >= 4 is 57.3 Å². The molecule has 0 atom stereocenters. The van der Waals surface area contributed by atoms with Gasteiger partial charge in [-0.3, -0.25) is 0 Å². The van der Waals surface area contributed by atoms with Gasteiger partial charge in [0.1, 0.15) is 5.58 Å². The Kier molecular flexibility index (Phi) is 6.19. The molecular weight excluding hydrogens is 388 g/mol. The van der Waals surface area contributed by atoms with Crippen molar-refractivity contribution in [3.05, 3.63) is 69.5 Å². The Balaban J connectivity index is 1.52. The Hall–Kier alpha value is -2.02. The first-order valence-electron chi connectivity index (χ1n) is 7.99. The van der Waals surface area contributed by atoms with Crippen LogP contribution in [-0.4, -0.2) is 17.4 Å². The lowest BCUT2D eigenvalue weighted by Gasteiger charge is -2.11. The van der Waals surface area contributed by atoms with Gasteiger partial charge in [0.25, 0.3) is 0 Å². The third kappa shape index (κ3) is 5.00. The molecule has 0 saturated carbocycles. The van der Waals surface area contributed by atoms with Crippen molar-refractivity contribution in [3.8, 4) is 0 Å². The number of hydrogen-bond donors (Lipinski definition) is 2. The van der Waals surface area contributed by atoms with Gasteiger partial charge in [0.2, 0.25) is 0 Å². The number of anilines is 1. The molecule has 0 bridgehead atoms. The van der Waals surface area contributed by atoms with Crippen LogP contribution < -0.4 is 16.3 Å². The largest absolute Gasteiger partial charge is 0.423 e. The zero-order valence-corrected chi connectivity index (χ0v) is 16.4. The Morgan fingerprint density at radius 1 is 1.19 bits per heavy atom. The van der Waals surface area contributed by atoms with Crippen LogP contribution in [0, 0.1) is 6.92 Å². The summed E-state index contributed by atoms with van der Waals surface area (Å²) < 4.78 is 5.25. The predicted octanol–water partition coefficient (Wildman–Crippen LogP) is 4.83. The van der Waals surface area contributed by atoms with E-state index in [0.29, 0.717) is 10.7 Å². The van der Waals surface area contributed by atoms with Gasteiger partial charge in [-0.05, 0) is 61.1 Å². The number of rotatable bonds is 5. The molecule has 2 N–H and O–H groups in total. The maximum atomic E-state index is 11.5. The van der Waals surface area contributed by atoms with E-state index in [1.54, 1.807) is 17.8 Å². The number of benzene rings is 2. The van der Waals surface area contributed by atoms with Crippen LogP contribution in [0.2, 0.25) is 5.02 Å². The van der Waals surface area contributed by atoms with Crippen LogP contribution in [0.1, 0.15) is 5.56 Å². The van der Waals surface area contributed by atoms with Crippen molar-refractivity contribution in [3.63, 3.8) is 0 Å². The maximum absolute atomic E-state index is 11.5. The van der Waals surface area contributed by atoms with Gasteiger partial charge in [-0.2, -0.15) is 0 Å². The minimum atomic E-state index is -0.355. The average Bonchev–Trinajstić information content (AvgIpc) is 2.60. The maximum Gasteiger partial charge on any atom is 0.336 e. The fourth-order valence-corrected chi connectivity index (χ4v) is 3.56. The molecule has 134 valence electrons. The molecule has 0 aliphatic rings. The highest BCUT2D eigenvalue weighted by molar-refractivity contribution is 7.99. The Labute approximate surface area is 165 Å². The van der Waals surface area contributed by atoms with Gasteiger partial charge in [-0.25, -0.2) is 4.79 Å². The Morgan fingerprint density at radius 2 is 1.96 bits per heavy atom. The smallest absolute Gasteiger partial charge is 0.336 e. The van der Waals surface area contributed by atoms with Crippen LogP contribution in [0.25, 0.3) is 11.0 Å². The first-order chi connectivity index (χ1) is 12.5. The molecule has 0 spiro atoms. The molecule has 0 aliphatic carbocycles. The van der Waals surface area contributed by atoms with E-state index in [1.165, 1.54) is 6.07 Å². The summed E-state index contributed by atoms with van der Waals surface area (Å²) in [6.45, 7) is 2.61. The molecule has 2 aromatic carbocycles. The molecule has 3 aromatic rings. The van der Waals surface area contributed by atoms with Crippen molar-refractivity contribution < 1.29 is 4.42 Å². The van der Waals surface area contributed by atoms with Gasteiger partial charge in [-0.15, -0.1) is 11.8 Å². The zero-order chi connectivity index (χ0) is 18.5. The second-order valence-electron chi connectivity index (χ2n) is 5.64. The minimum absolute atomic E-state index is 0.355. The summed E-state index contributed by atoms with van der Waals surface area (Å²) in [7, 11) is 0. The normalized spacial score (nSPS) is 10.7. The molecule has 0 radical (unpaired) electrons. The molecule has 4 nitrogen and oxygen atoms in total. The highest BCUT2D eigenvalue weighted by atomic mass is 35.5. The molecule has 0 fully saturated rings. The van der Waals surface area contributed by atoms with Gasteiger partial charge in [0, 0.05) is 45.4 Å². The summed E-state index contributed by atoms with van der Waals surface area (Å²) in [5, 5.41) is 8.45. The standard InChI is InChI=1S/C19H17ClN2O2S2/c1-12-10-18(23)24-17-11-14(4-7-16(12)17)22-19(25)21-8-9-26-15-5-2-13(20)3-6-15/h2-7,10-11H,8-9H2,1H3,(H2,21,22,25). The number of thiocarbonyl (C=S) groups is 1. The summed E-state index contributed by atoms with van der Waals surface area (Å²) in [6, 6.07) is 14.8. The van der Waals surface area contributed by atoms with E-state index >= 15 is 0 Å². The Morgan fingerprint density at radius 3 is 2.73 bits per heavy atom. The number of aryl methyl sites for hydroxylation is 1. The van der Waals surface area contributed by atoms with Crippen molar-refractivity contribution in [2.75, 3.05) is 17.6 Å². The first kappa shape index (κ1) is 18.8. The predicted molar refractivity (Wildman–Crippen MR) is 114 cm³/mol. The molecule has 26 heavy (non-hydrogen) atoms. The fourth-order valence-electron chi connectivity index (χ4n) is 2.44. The monoisotopic (exact) mass is 404 g/mol. The van der Waals surface area contributed by atoms with Crippen LogP contribution in [-0.2, 0) is 0 Å². The Bertz CT molecular complexity index is 987. The molecule has 0 unspecified atom stereocenters. The summed E-state index contributed by atoms with van der Waals surface area (Å²) in [6.07, 6.45) is 0. The van der Waals surface area contributed by atoms with Crippen LogP contribution in [0.4, 0.5) is 5.69 Å². The molecule has 0 amide bonds. The van der Waals surface area contributed by atoms with E-state index in [0.717, 1.165) is 38.9 Å². The van der Waals surface area contributed by atoms with Gasteiger partial charge in [-0.1, -0.05) is 11.6 Å². The lowest BCUT2D eigenvalue weighted by molar-refractivity contribution is 0.560. The van der Waals surface area contributed by atoms with Crippen molar-refractivity contribution in [2.24, 2.45) is 0 Å². The molecule has 0 aliphatic heterocycles.